The van der Waals surface area contributed by atoms with Gasteiger partial charge in [-0.05, 0) is 43.2 Å². The molecule has 1 aromatic heterocycles. The number of benzene rings is 1. The van der Waals surface area contributed by atoms with Crippen molar-refractivity contribution in [1.82, 2.24) is 4.98 Å². The number of nitrogens with zero attached hydrogens (tertiary/aromatic N) is 1. The lowest BCUT2D eigenvalue weighted by Gasteiger charge is -2.09. The molecule has 0 amide bonds. The minimum atomic E-state index is -3.70. The Bertz CT molecular complexity index is 710. The van der Waals surface area contributed by atoms with Crippen LogP contribution in [-0.2, 0) is 16.6 Å². The van der Waals surface area contributed by atoms with Gasteiger partial charge in [0.15, 0.2) is 0 Å². The molecule has 106 valence electrons. The fraction of sp³-hybridized carbons (Fsp3) is 0.214. The SMILES string of the molecule is Cc1ccc(CNc2ccc(C)c(S(N)(=O)=O)c2)nc1. The lowest BCUT2D eigenvalue weighted by atomic mass is 10.2. The third-order valence-electron chi connectivity index (χ3n) is 2.94. The van der Waals surface area contributed by atoms with Crippen molar-refractivity contribution in [3.8, 4) is 0 Å². The quantitative estimate of drug-likeness (QED) is 0.901. The predicted octanol–water partition coefficient (Wildman–Crippen LogP) is 1.96. The number of nitrogens with one attached hydrogen (secondary N) is 1. The average molecular weight is 291 g/mol. The number of anilines is 1. The highest BCUT2D eigenvalue weighted by molar-refractivity contribution is 7.89. The Kier molecular flexibility index (Phi) is 4.06. The number of rotatable bonds is 4. The lowest BCUT2D eigenvalue weighted by Crippen LogP contribution is -2.14. The summed E-state index contributed by atoms with van der Waals surface area (Å²) in [7, 11) is -3.70. The van der Waals surface area contributed by atoms with Crippen molar-refractivity contribution in [2.45, 2.75) is 25.3 Å². The summed E-state index contributed by atoms with van der Waals surface area (Å²) in [5.41, 5.74) is 3.31. The standard InChI is InChI=1S/C14H17N3O2S/c1-10-3-5-13(16-8-10)9-17-12-6-4-11(2)14(7-12)20(15,18)19/h3-8,17H,9H2,1-2H3,(H2,15,18,19). The monoisotopic (exact) mass is 291 g/mol. The van der Waals surface area contributed by atoms with Crippen LogP contribution in [0.3, 0.4) is 0 Å². The van der Waals surface area contributed by atoms with E-state index >= 15 is 0 Å². The molecule has 3 N–H and O–H groups in total. The predicted molar refractivity (Wildman–Crippen MR) is 78.9 cm³/mol. The third kappa shape index (κ3) is 3.55. The van der Waals surface area contributed by atoms with Gasteiger partial charge in [-0.2, -0.15) is 0 Å². The van der Waals surface area contributed by atoms with Crippen molar-refractivity contribution in [3.63, 3.8) is 0 Å². The van der Waals surface area contributed by atoms with Crippen LogP contribution in [0.25, 0.3) is 0 Å². The highest BCUT2D eigenvalue weighted by Crippen LogP contribution is 2.19. The summed E-state index contributed by atoms with van der Waals surface area (Å²) in [4.78, 5) is 4.41. The summed E-state index contributed by atoms with van der Waals surface area (Å²) in [5, 5.41) is 8.32. The van der Waals surface area contributed by atoms with Crippen LogP contribution in [0.2, 0.25) is 0 Å². The molecule has 0 aliphatic rings. The minimum absolute atomic E-state index is 0.138. The Balaban J connectivity index is 2.16. The number of aryl methyl sites for hydroxylation is 2. The highest BCUT2D eigenvalue weighted by atomic mass is 32.2. The van der Waals surface area contributed by atoms with E-state index in [4.69, 9.17) is 5.14 Å². The van der Waals surface area contributed by atoms with Gasteiger partial charge in [0.1, 0.15) is 0 Å². The Morgan fingerprint density at radius 3 is 2.55 bits per heavy atom. The zero-order valence-corrected chi connectivity index (χ0v) is 12.2. The van der Waals surface area contributed by atoms with Crippen molar-refractivity contribution in [1.29, 1.82) is 0 Å². The maximum absolute atomic E-state index is 11.5. The number of hydrogen-bond donors (Lipinski definition) is 2. The fourth-order valence-electron chi connectivity index (χ4n) is 1.81. The molecule has 0 unspecified atom stereocenters. The van der Waals surface area contributed by atoms with Gasteiger partial charge in [0.05, 0.1) is 17.1 Å². The molecule has 0 saturated heterocycles. The number of sulfonamides is 1. The van der Waals surface area contributed by atoms with Gasteiger partial charge in [0, 0.05) is 11.9 Å². The second-order valence-corrected chi connectivity index (χ2v) is 6.24. The van der Waals surface area contributed by atoms with Crippen LogP contribution in [0.1, 0.15) is 16.8 Å². The van der Waals surface area contributed by atoms with Gasteiger partial charge >= 0.3 is 0 Å². The van der Waals surface area contributed by atoms with E-state index in [0.29, 0.717) is 17.8 Å². The molecule has 1 heterocycles. The normalized spacial score (nSPS) is 11.3. The van der Waals surface area contributed by atoms with Gasteiger partial charge in [-0.1, -0.05) is 12.1 Å². The topological polar surface area (TPSA) is 85.1 Å². The molecule has 20 heavy (non-hydrogen) atoms. The van der Waals surface area contributed by atoms with E-state index in [2.05, 4.69) is 10.3 Å². The van der Waals surface area contributed by atoms with E-state index in [0.717, 1.165) is 11.3 Å². The molecule has 0 saturated carbocycles. The van der Waals surface area contributed by atoms with Crippen LogP contribution in [0.4, 0.5) is 5.69 Å². The molecule has 0 fully saturated rings. The van der Waals surface area contributed by atoms with Crippen LogP contribution in [0, 0.1) is 13.8 Å². The number of aromatic nitrogens is 1. The first-order chi connectivity index (χ1) is 9.36. The number of pyridine rings is 1. The molecule has 0 bridgehead atoms. The number of primary sulfonamides is 1. The van der Waals surface area contributed by atoms with Gasteiger partial charge in [-0.25, -0.2) is 13.6 Å². The second-order valence-electron chi connectivity index (χ2n) is 4.71. The molecular formula is C14H17N3O2S. The van der Waals surface area contributed by atoms with Crippen molar-refractivity contribution < 1.29 is 8.42 Å². The minimum Gasteiger partial charge on any atom is -0.379 e. The Hall–Kier alpha value is -1.92. The van der Waals surface area contributed by atoms with Crippen LogP contribution in [0.15, 0.2) is 41.4 Å². The first-order valence-electron chi connectivity index (χ1n) is 6.15. The Morgan fingerprint density at radius 2 is 1.95 bits per heavy atom. The van der Waals surface area contributed by atoms with E-state index in [1.807, 2.05) is 25.1 Å². The van der Waals surface area contributed by atoms with Crippen molar-refractivity contribution in [2.75, 3.05) is 5.32 Å². The van der Waals surface area contributed by atoms with Gasteiger partial charge < -0.3 is 5.32 Å². The molecule has 0 radical (unpaired) electrons. The van der Waals surface area contributed by atoms with Crippen LogP contribution in [0.5, 0.6) is 0 Å². The van der Waals surface area contributed by atoms with E-state index in [-0.39, 0.29) is 4.90 Å². The molecule has 0 aliphatic heterocycles. The molecule has 6 heteroatoms. The first-order valence-corrected chi connectivity index (χ1v) is 7.70. The van der Waals surface area contributed by atoms with E-state index in [9.17, 15) is 8.42 Å². The second kappa shape index (κ2) is 5.60. The maximum atomic E-state index is 11.5. The van der Waals surface area contributed by atoms with Crippen LogP contribution >= 0.6 is 0 Å². The van der Waals surface area contributed by atoms with Crippen LogP contribution < -0.4 is 10.5 Å². The van der Waals surface area contributed by atoms with Crippen molar-refractivity contribution >= 4 is 15.7 Å². The molecule has 5 nitrogen and oxygen atoms in total. The van der Waals surface area contributed by atoms with E-state index in [1.165, 1.54) is 0 Å². The largest absolute Gasteiger partial charge is 0.379 e. The van der Waals surface area contributed by atoms with Crippen molar-refractivity contribution in [3.05, 3.63) is 53.3 Å². The van der Waals surface area contributed by atoms with E-state index in [1.54, 1.807) is 25.3 Å². The first kappa shape index (κ1) is 14.5. The van der Waals surface area contributed by atoms with Gasteiger partial charge in [-0.15, -0.1) is 0 Å². The zero-order valence-electron chi connectivity index (χ0n) is 11.4. The number of nitrogens with two attached hydrogens (primary N) is 1. The van der Waals surface area contributed by atoms with E-state index < -0.39 is 10.0 Å². The molecule has 2 aromatic rings. The molecular weight excluding hydrogens is 274 g/mol. The Morgan fingerprint density at radius 1 is 1.20 bits per heavy atom. The van der Waals surface area contributed by atoms with Gasteiger partial charge in [0.25, 0.3) is 0 Å². The maximum Gasteiger partial charge on any atom is 0.238 e. The summed E-state index contributed by atoms with van der Waals surface area (Å²) in [6.45, 7) is 4.21. The summed E-state index contributed by atoms with van der Waals surface area (Å²) < 4.78 is 22.9. The smallest absolute Gasteiger partial charge is 0.238 e. The zero-order chi connectivity index (χ0) is 14.8. The molecule has 0 atom stereocenters. The summed E-state index contributed by atoms with van der Waals surface area (Å²) >= 11 is 0. The average Bonchev–Trinajstić information content (AvgIpc) is 2.38. The highest BCUT2D eigenvalue weighted by Gasteiger charge is 2.11. The summed E-state index contributed by atoms with van der Waals surface area (Å²) in [5.74, 6) is 0. The fourth-order valence-corrected chi connectivity index (χ4v) is 2.62. The molecule has 0 aliphatic carbocycles. The van der Waals surface area contributed by atoms with Crippen molar-refractivity contribution in [2.24, 2.45) is 5.14 Å². The Labute approximate surface area is 118 Å². The molecule has 1 aromatic carbocycles. The molecule has 0 spiro atoms. The molecule has 2 rings (SSSR count). The summed E-state index contributed by atoms with van der Waals surface area (Å²) in [6.07, 6.45) is 1.79. The van der Waals surface area contributed by atoms with Gasteiger partial charge in [-0.3, -0.25) is 4.98 Å². The van der Waals surface area contributed by atoms with Gasteiger partial charge in [0.2, 0.25) is 10.0 Å². The van der Waals surface area contributed by atoms with Crippen LogP contribution in [-0.4, -0.2) is 13.4 Å². The summed E-state index contributed by atoms with van der Waals surface area (Å²) in [6, 6.07) is 8.99. The third-order valence-corrected chi connectivity index (χ3v) is 3.99. The lowest BCUT2D eigenvalue weighted by molar-refractivity contribution is 0.597. The number of hydrogen-bond acceptors (Lipinski definition) is 4.